The van der Waals surface area contributed by atoms with Crippen molar-refractivity contribution in [2.24, 2.45) is 5.73 Å². The first-order valence-corrected chi connectivity index (χ1v) is 8.73. The molecule has 1 atom stereocenters. The summed E-state index contributed by atoms with van der Waals surface area (Å²) in [4.78, 5) is 23.9. The van der Waals surface area contributed by atoms with E-state index in [9.17, 15) is 9.59 Å². The van der Waals surface area contributed by atoms with Gasteiger partial charge in [0.15, 0.2) is 0 Å². The number of ketones is 1. The van der Waals surface area contributed by atoms with Gasteiger partial charge < -0.3 is 10.5 Å². The Morgan fingerprint density at radius 1 is 1.08 bits per heavy atom. The van der Waals surface area contributed by atoms with Crippen LogP contribution >= 0.6 is 0 Å². The normalized spacial score (nSPS) is 12.8. The zero-order valence-electron chi connectivity index (χ0n) is 15.2. The van der Waals surface area contributed by atoms with E-state index in [-0.39, 0.29) is 12.2 Å². The van der Waals surface area contributed by atoms with Gasteiger partial charge in [0.2, 0.25) is 0 Å². The van der Waals surface area contributed by atoms with Crippen LogP contribution in [0.4, 0.5) is 0 Å². The largest absolute Gasteiger partial charge is 0.459 e. The lowest BCUT2D eigenvalue weighted by Gasteiger charge is -2.21. The second-order valence-corrected chi connectivity index (χ2v) is 7.37. The number of Topliss-reactive ketones (excluding diaryl/α,β-unsaturated/α-hetero) is 1. The molecule has 25 heavy (non-hydrogen) atoms. The molecule has 2 rings (SSSR count). The number of nitrogens with two attached hydrogens (primary N) is 1. The molecule has 2 aromatic rings. The molecular formula is C21H27NO3. The molecule has 2 aromatic carbocycles. The first kappa shape index (κ1) is 19.1. The quantitative estimate of drug-likeness (QED) is 0.778. The summed E-state index contributed by atoms with van der Waals surface area (Å²) in [6.45, 7) is 5.34. The van der Waals surface area contributed by atoms with E-state index in [4.69, 9.17) is 10.5 Å². The molecule has 0 spiro atoms. The molecule has 0 heterocycles. The highest BCUT2D eigenvalue weighted by molar-refractivity contribution is 5.87. The van der Waals surface area contributed by atoms with Crippen molar-refractivity contribution < 1.29 is 14.3 Å². The maximum atomic E-state index is 12.1. The first-order chi connectivity index (χ1) is 11.8. The van der Waals surface area contributed by atoms with Gasteiger partial charge in [0.05, 0.1) is 0 Å². The number of hydrogen-bond donors (Lipinski definition) is 1. The summed E-state index contributed by atoms with van der Waals surface area (Å²) in [7, 11) is 0. The molecule has 0 aliphatic heterocycles. The Morgan fingerprint density at radius 2 is 1.76 bits per heavy atom. The molecule has 0 aliphatic carbocycles. The minimum absolute atomic E-state index is 0.00130. The Balaban J connectivity index is 1.83. The predicted octanol–water partition coefficient (Wildman–Crippen LogP) is 3.79. The number of esters is 1. The number of rotatable bonds is 7. The zero-order valence-corrected chi connectivity index (χ0v) is 15.2. The second-order valence-electron chi connectivity index (χ2n) is 7.37. The summed E-state index contributed by atoms with van der Waals surface area (Å²) in [5, 5.41) is 2.43. The number of carbonyl (C=O) groups is 2. The van der Waals surface area contributed by atoms with Crippen LogP contribution in [0, 0.1) is 0 Å². The molecule has 1 unspecified atom stereocenters. The number of fused-ring (bicyclic) bond motifs is 1. The van der Waals surface area contributed by atoms with E-state index in [1.807, 2.05) is 18.2 Å². The Hall–Kier alpha value is -2.20. The summed E-state index contributed by atoms with van der Waals surface area (Å²) < 4.78 is 5.21. The fourth-order valence-corrected chi connectivity index (χ4v) is 2.79. The van der Waals surface area contributed by atoms with Crippen molar-refractivity contribution in [1.82, 2.24) is 0 Å². The second kappa shape index (κ2) is 8.26. The fourth-order valence-electron chi connectivity index (χ4n) is 2.79. The van der Waals surface area contributed by atoms with E-state index in [0.717, 1.165) is 12.8 Å². The average molecular weight is 341 g/mol. The monoisotopic (exact) mass is 341 g/mol. The zero-order chi connectivity index (χ0) is 18.4. The first-order valence-electron chi connectivity index (χ1n) is 8.73. The van der Waals surface area contributed by atoms with Crippen LogP contribution in [0.5, 0.6) is 0 Å². The van der Waals surface area contributed by atoms with Crippen LogP contribution < -0.4 is 5.73 Å². The number of ether oxygens (including phenoxy) is 1. The van der Waals surface area contributed by atoms with E-state index in [1.54, 1.807) is 20.8 Å². The standard InChI is InChI=1S/C21H27NO3/c1-21(2,3)25-20(24)19(22)14-17(23)12-7-11-16-10-6-9-15-8-4-5-13-18(15)16/h4-6,8-10,13,19H,7,11-12,14,22H2,1-3H3. The molecule has 0 radical (unpaired) electrons. The lowest BCUT2D eigenvalue weighted by atomic mass is 9.98. The maximum absolute atomic E-state index is 12.1. The van der Waals surface area contributed by atoms with Crippen molar-refractivity contribution in [3.8, 4) is 0 Å². The molecule has 0 amide bonds. The van der Waals surface area contributed by atoms with Crippen LogP contribution in [0.25, 0.3) is 10.8 Å². The van der Waals surface area contributed by atoms with Crippen LogP contribution in [-0.2, 0) is 20.7 Å². The molecule has 0 saturated heterocycles. The number of carbonyl (C=O) groups excluding carboxylic acids is 2. The smallest absolute Gasteiger partial charge is 0.323 e. The van der Waals surface area contributed by atoms with Crippen LogP contribution in [-0.4, -0.2) is 23.4 Å². The number of benzene rings is 2. The van der Waals surface area contributed by atoms with E-state index < -0.39 is 17.6 Å². The third-order valence-corrected chi connectivity index (χ3v) is 3.94. The Labute approximate surface area is 149 Å². The summed E-state index contributed by atoms with van der Waals surface area (Å²) >= 11 is 0. The molecule has 2 N–H and O–H groups in total. The summed E-state index contributed by atoms with van der Waals surface area (Å²) in [5.74, 6) is -0.520. The van der Waals surface area contributed by atoms with E-state index in [1.165, 1.54) is 16.3 Å². The van der Waals surface area contributed by atoms with Crippen LogP contribution in [0.3, 0.4) is 0 Å². The van der Waals surface area contributed by atoms with Gasteiger partial charge in [-0.05, 0) is 49.9 Å². The molecule has 0 aromatic heterocycles. The molecule has 4 nitrogen and oxygen atoms in total. The molecule has 0 bridgehead atoms. The van der Waals surface area contributed by atoms with E-state index in [0.29, 0.717) is 6.42 Å². The predicted molar refractivity (Wildman–Crippen MR) is 100 cm³/mol. The van der Waals surface area contributed by atoms with Crippen molar-refractivity contribution in [2.45, 2.75) is 58.1 Å². The van der Waals surface area contributed by atoms with E-state index >= 15 is 0 Å². The van der Waals surface area contributed by atoms with Crippen molar-refractivity contribution in [3.63, 3.8) is 0 Å². The topological polar surface area (TPSA) is 69.4 Å². The lowest BCUT2D eigenvalue weighted by molar-refractivity contribution is -0.157. The fraction of sp³-hybridized carbons (Fsp3) is 0.429. The van der Waals surface area contributed by atoms with Gasteiger partial charge >= 0.3 is 5.97 Å². The SMILES string of the molecule is CC(C)(C)OC(=O)C(N)CC(=O)CCCc1cccc2ccccc12. The Morgan fingerprint density at radius 3 is 2.48 bits per heavy atom. The van der Waals surface area contributed by atoms with E-state index in [2.05, 4.69) is 24.3 Å². The van der Waals surface area contributed by atoms with Gasteiger partial charge in [-0.2, -0.15) is 0 Å². The molecule has 0 saturated carbocycles. The summed E-state index contributed by atoms with van der Waals surface area (Å²) in [5.41, 5.74) is 6.43. The highest BCUT2D eigenvalue weighted by Crippen LogP contribution is 2.20. The van der Waals surface area contributed by atoms with Gasteiger partial charge in [0.25, 0.3) is 0 Å². The van der Waals surface area contributed by atoms with Gasteiger partial charge in [-0.15, -0.1) is 0 Å². The van der Waals surface area contributed by atoms with Gasteiger partial charge in [-0.1, -0.05) is 42.5 Å². The summed E-state index contributed by atoms with van der Waals surface area (Å²) in [6, 6.07) is 13.6. The van der Waals surface area contributed by atoms with Crippen LogP contribution in [0.15, 0.2) is 42.5 Å². The Bertz CT molecular complexity index is 741. The van der Waals surface area contributed by atoms with Crippen molar-refractivity contribution >= 4 is 22.5 Å². The van der Waals surface area contributed by atoms with Crippen molar-refractivity contribution in [1.29, 1.82) is 0 Å². The maximum Gasteiger partial charge on any atom is 0.323 e. The minimum Gasteiger partial charge on any atom is -0.459 e. The molecule has 4 heteroatoms. The van der Waals surface area contributed by atoms with Gasteiger partial charge in [-0.25, -0.2) is 0 Å². The van der Waals surface area contributed by atoms with Gasteiger partial charge in [-0.3, -0.25) is 9.59 Å². The third kappa shape index (κ3) is 5.98. The molecule has 0 aliphatic rings. The number of aryl methyl sites for hydroxylation is 1. The number of hydrogen-bond acceptors (Lipinski definition) is 4. The van der Waals surface area contributed by atoms with Crippen LogP contribution in [0.2, 0.25) is 0 Å². The van der Waals surface area contributed by atoms with Crippen molar-refractivity contribution in [2.75, 3.05) is 0 Å². The molecular weight excluding hydrogens is 314 g/mol. The minimum atomic E-state index is -0.885. The van der Waals surface area contributed by atoms with Crippen molar-refractivity contribution in [3.05, 3.63) is 48.0 Å². The molecule has 0 fully saturated rings. The van der Waals surface area contributed by atoms with Crippen LogP contribution in [0.1, 0.15) is 45.6 Å². The highest BCUT2D eigenvalue weighted by atomic mass is 16.6. The average Bonchev–Trinajstić information content (AvgIpc) is 2.53. The van der Waals surface area contributed by atoms with Gasteiger partial charge in [0, 0.05) is 12.8 Å². The Kier molecular flexibility index (Phi) is 6.32. The molecule has 134 valence electrons. The third-order valence-electron chi connectivity index (χ3n) is 3.94. The van der Waals surface area contributed by atoms with Gasteiger partial charge in [0.1, 0.15) is 17.4 Å². The lowest BCUT2D eigenvalue weighted by Crippen LogP contribution is -2.38. The highest BCUT2D eigenvalue weighted by Gasteiger charge is 2.23. The summed E-state index contributed by atoms with van der Waals surface area (Å²) in [6.07, 6.45) is 2.02.